The van der Waals surface area contributed by atoms with Crippen LogP contribution in [0.2, 0.25) is 0 Å². The lowest BCUT2D eigenvalue weighted by molar-refractivity contribution is 0.0942. The Bertz CT molecular complexity index is 649. The number of thiophene rings is 1. The van der Waals surface area contributed by atoms with Crippen molar-refractivity contribution in [3.05, 3.63) is 39.4 Å². The zero-order valence-electron chi connectivity index (χ0n) is 11.0. The molecule has 0 saturated carbocycles. The quantitative estimate of drug-likeness (QED) is 0.841. The Morgan fingerprint density at radius 2 is 2.40 bits per heavy atom. The maximum absolute atomic E-state index is 11.8. The Morgan fingerprint density at radius 1 is 1.55 bits per heavy atom. The van der Waals surface area contributed by atoms with Crippen molar-refractivity contribution in [3.63, 3.8) is 0 Å². The van der Waals surface area contributed by atoms with Crippen LogP contribution in [0.4, 0.5) is 0 Å². The highest BCUT2D eigenvalue weighted by Crippen LogP contribution is 2.13. The van der Waals surface area contributed by atoms with Crippen molar-refractivity contribution in [2.45, 2.75) is 19.9 Å². The van der Waals surface area contributed by atoms with E-state index in [1.165, 1.54) is 11.3 Å². The average Bonchev–Trinajstić information content (AvgIpc) is 3.05. The molecule has 0 unspecified atom stereocenters. The third-order valence-corrected chi connectivity index (χ3v) is 3.34. The van der Waals surface area contributed by atoms with Crippen LogP contribution in [0.15, 0.2) is 22.0 Å². The topological polar surface area (TPSA) is 75.4 Å². The van der Waals surface area contributed by atoms with Crippen molar-refractivity contribution in [1.29, 1.82) is 0 Å². The van der Waals surface area contributed by atoms with Crippen LogP contribution in [0.1, 0.15) is 33.1 Å². The van der Waals surface area contributed by atoms with Gasteiger partial charge in [0.05, 0.1) is 13.2 Å². The number of nitrogens with zero attached hydrogens (tertiary/aromatic N) is 1. The van der Waals surface area contributed by atoms with Gasteiger partial charge in [-0.3, -0.25) is 4.79 Å². The van der Waals surface area contributed by atoms with Gasteiger partial charge in [0.2, 0.25) is 0 Å². The van der Waals surface area contributed by atoms with Crippen molar-refractivity contribution in [3.8, 4) is 11.8 Å². The van der Waals surface area contributed by atoms with E-state index in [1.807, 2.05) is 11.4 Å². The predicted octanol–water partition coefficient (Wildman–Crippen LogP) is 1.71. The minimum absolute atomic E-state index is 0.0666. The van der Waals surface area contributed by atoms with E-state index in [0.29, 0.717) is 18.7 Å². The highest BCUT2D eigenvalue weighted by molar-refractivity contribution is 7.10. The first kappa shape index (κ1) is 14.3. The maximum Gasteiger partial charge on any atom is 0.273 e. The summed E-state index contributed by atoms with van der Waals surface area (Å²) in [5, 5.41) is 17.0. The lowest BCUT2D eigenvalue weighted by Crippen LogP contribution is -2.22. The fraction of sp³-hybridized carbons (Fsp3) is 0.286. The molecule has 2 N–H and O–H groups in total. The highest BCUT2D eigenvalue weighted by Gasteiger charge is 2.10. The minimum Gasteiger partial charge on any atom is -0.395 e. The average molecular weight is 290 g/mol. The summed E-state index contributed by atoms with van der Waals surface area (Å²) in [6, 6.07) is 3.51. The van der Waals surface area contributed by atoms with Gasteiger partial charge >= 0.3 is 0 Å². The van der Waals surface area contributed by atoms with Crippen LogP contribution in [0.3, 0.4) is 0 Å². The zero-order valence-corrected chi connectivity index (χ0v) is 11.8. The molecule has 0 atom stereocenters. The number of aromatic nitrogens is 1. The Balaban J connectivity index is 1.88. The lowest BCUT2D eigenvalue weighted by atomic mass is 10.3. The molecule has 2 aromatic rings. The number of aliphatic hydroxyl groups excluding tert-OH is 1. The molecule has 20 heavy (non-hydrogen) atoms. The molecule has 0 spiro atoms. The normalized spacial score (nSPS) is 9.90. The summed E-state index contributed by atoms with van der Waals surface area (Å²) in [6.07, 6.45) is 0.466. The summed E-state index contributed by atoms with van der Waals surface area (Å²) in [4.78, 5) is 12.8. The van der Waals surface area contributed by atoms with Crippen LogP contribution in [-0.2, 0) is 6.54 Å². The van der Waals surface area contributed by atoms with Gasteiger partial charge in [0.1, 0.15) is 5.76 Å². The standard InChI is InChI=1S/C14H14N2O3S/c1-10-6-13(16-19-10)14(18)15-8-12-7-11(9-20-12)4-2-3-5-17/h6-7,9,17H,3,5,8H2,1H3,(H,15,18). The molecule has 0 aliphatic rings. The van der Waals surface area contributed by atoms with E-state index < -0.39 is 0 Å². The number of hydrogen-bond donors (Lipinski definition) is 2. The zero-order chi connectivity index (χ0) is 14.4. The molecule has 0 aromatic carbocycles. The molecule has 5 nitrogen and oxygen atoms in total. The summed E-state index contributed by atoms with van der Waals surface area (Å²) in [6.45, 7) is 2.23. The molecule has 2 rings (SSSR count). The van der Waals surface area contributed by atoms with Gasteiger partial charge in [-0.05, 0) is 13.0 Å². The Labute approximate surface area is 120 Å². The van der Waals surface area contributed by atoms with Gasteiger partial charge in [-0.1, -0.05) is 17.0 Å². The monoisotopic (exact) mass is 290 g/mol. The first-order chi connectivity index (χ1) is 9.69. The second-order valence-corrected chi connectivity index (χ2v) is 5.08. The van der Waals surface area contributed by atoms with Crippen LogP contribution in [-0.4, -0.2) is 22.8 Å². The fourth-order valence-corrected chi connectivity index (χ4v) is 2.25. The Kier molecular flexibility index (Phi) is 4.93. The second-order valence-electron chi connectivity index (χ2n) is 4.08. The van der Waals surface area contributed by atoms with Crippen LogP contribution < -0.4 is 5.32 Å². The van der Waals surface area contributed by atoms with Crippen molar-refractivity contribution in [1.82, 2.24) is 10.5 Å². The summed E-state index contributed by atoms with van der Waals surface area (Å²) < 4.78 is 4.85. The number of rotatable bonds is 4. The molecule has 2 heterocycles. The number of aryl methyl sites for hydroxylation is 1. The summed E-state index contributed by atoms with van der Waals surface area (Å²) in [5.41, 5.74) is 1.17. The van der Waals surface area contributed by atoms with E-state index in [1.54, 1.807) is 13.0 Å². The van der Waals surface area contributed by atoms with Crippen LogP contribution in [0.5, 0.6) is 0 Å². The van der Waals surface area contributed by atoms with Gasteiger partial charge in [-0.15, -0.1) is 11.3 Å². The molecule has 6 heteroatoms. The third-order valence-electron chi connectivity index (χ3n) is 2.41. The molecule has 0 saturated heterocycles. The minimum atomic E-state index is -0.261. The van der Waals surface area contributed by atoms with Crippen LogP contribution in [0, 0.1) is 18.8 Å². The first-order valence-electron chi connectivity index (χ1n) is 6.07. The summed E-state index contributed by atoms with van der Waals surface area (Å²) in [5.74, 6) is 6.15. The van der Waals surface area contributed by atoms with Crippen molar-refractivity contribution >= 4 is 17.2 Å². The van der Waals surface area contributed by atoms with E-state index in [2.05, 4.69) is 22.3 Å². The SMILES string of the molecule is Cc1cc(C(=O)NCc2cc(C#CCCO)cs2)no1. The highest BCUT2D eigenvalue weighted by atomic mass is 32.1. The van der Waals surface area contributed by atoms with Gasteiger partial charge in [0.25, 0.3) is 5.91 Å². The van der Waals surface area contributed by atoms with E-state index >= 15 is 0 Å². The number of aliphatic hydroxyl groups is 1. The first-order valence-corrected chi connectivity index (χ1v) is 6.95. The van der Waals surface area contributed by atoms with E-state index in [4.69, 9.17) is 9.63 Å². The van der Waals surface area contributed by atoms with E-state index in [9.17, 15) is 4.79 Å². The van der Waals surface area contributed by atoms with Crippen molar-refractivity contribution < 1.29 is 14.4 Å². The van der Waals surface area contributed by atoms with Crippen LogP contribution in [0.25, 0.3) is 0 Å². The lowest BCUT2D eigenvalue weighted by Gasteiger charge is -1.99. The van der Waals surface area contributed by atoms with Gasteiger partial charge in [0, 0.05) is 28.3 Å². The number of amides is 1. The molecule has 0 radical (unpaired) electrons. The van der Waals surface area contributed by atoms with E-state index in [0.717, 1.165) is 10.4 Å². The third kappa shape index (κ3) is 3.95. The maximum atomic E-state index is 11.8. The molecule has 2 aromatic heterocycles. The largest absolute Gasteiger partial charge is 0.395 e. The summed E-state index contributed by atoms with van der Waals surface area (Å²) >= 11 is 1.53. The van der Waals surface area contributed by atoms with Gasteiger partial charge in [0.15, 0.2) is 5.69 Å². The Hall–Kier alpha value is -2.10. The molecule has 0 bridgehead atoms. The predicted molar refractivity (Wildman–Crippen MR) is 75.3 cm³/mol. The molecule has 104 valence electrons. The molecular weight excluding hydrogens is 276 g/mol. The molecular formula is C14H14N2O3S. The molecule has 0 aliphatic carbocycles. The van der Waals surface area contributed by atoms with Gasteiger partial charge in [-0.25, -0.2) is 0 Å². The number of carbonyl (C=O) groups excluding carboxylic acids is 1. The second kappa shape index (κ2) is 6.89. The number of nitrogens with one attached hydrogen (secondary N) is 1. The Morgan fingerprint density at radius 3 is 3.10 bits per heavy atom. The van der Waals surface area contributed by atoms with Crippen molar-refractivity contribution in [2.75, 3.05) is 6.61 Å². The molecule has 0 aliphatic heterocycles. The van der Waals surface area contributed by atoms with Gasteiger partial charge in [-0.2, -0.15) is 0 Å². The smallest absolute Gasteiger partial charge is 0.273 e. The van der Waals surface area contributed by atoms with E-state index in [-0.39, 0.29) is 18.2 Å². The number of carbonyl (C=O) groups is 1. The van der Waals surface area contributed by atoms with Gasteiger partial charge < -0.3 is 14.9 Å². The fourth-order valence-electron chi connectivity index (χ4n) is 1.49. The van der Waals surface area contributed by atoms with Crippen molar-refractivity contribution in [2.24, 2.45) is 0 Å². The number of hydrogen-bond acceptors (Lipinski definition) is 5. The molecule has 1 amide bonds. The molecule has 0 fully saturated rings. The van der Waals surface area contributed by atoms with Crippen LogP contribution >= 0.6 is 11.3 Å². The summed E-state index contributed by atoms with van der Waals surface area (Å²) in [7, 11) is 0.